The molecule has 5 nitrogen and oxygen atoms in total. The zero-order valence-corrected chi connectivity index (χ0v) is 14.2. The molecule has 1 fully saturated rings. The van der Waals surface area contributed by atoms with Gasteiger partial charge in [-0.05, 0) is 30.3 Å². The normalized spacial score (nSPS) is 14.2. The molecule has 3 aromatic rings. The Morgan fingerprint density at radius 3 is 2.81 bits per heavy atom. The maximum Gasteiger partial charge on any atom is 0.147 e. The van der Waals surface area contributed by atoms with Crippen LogP contribution in [-0.2, 0) is 0 Å². The highest BCUT2D eigenvalue weighted by atomic mass is 19.1. The quantitative estimate of drug-likeness (QED) is 0.714. The second-order valence-corrected chi connectivity index (χ2v) is 6.13. The maximum absolute atomic E-state index is 14.8. The van der Waals surface area contributed by atoms with E-state index in [1.54, 1.807) is 6.07 Å². The predicted molar refractivity (Wildman–Crippen MR) is 102 cm³/mol. The van der Waals surface area contributed by atoms with Crippen molar-refractivity contribution in [3.63, 3.8) is 0 Å². The van der Waals surface area contributed by atoms with E-state index in [2.05, 4.69) is 26.5 Å². The van der Waals surface area contributed by atoms with Gasteiger partial charge in [0.15, 0.2) is 0 Å². The zero-order valence-electron chi connectivity index (χ0n) is 14.2. The summed E-state index contributed by atoms with van der Waals surface area (Å²) >= 11 is 0. The molecule has 1 aliphatic rings. The fourth-order valence-corrected chi connectivity index (χ4v) is 3.14. The zero-order chi connectivity index (χ0) is 17.9. The Labute approximate surface area is 151 Å². The number of hydrogen-bond donors (Lipinski definition) is 2. The van der Waals surface area contributed by atoms with Gasteiger partial charge in [0, 0.05) is 42.8 Å². The summed E-state index contributed by atoms with van der Waals surface area (Å²) in [6, 6.07) is 10.7. The van der Waals surface area contributed by atoms with Crippen molar-refractivity contribution >= 4 is 28.1 Å². The highest BCUT2D eigenvalue weighted by Gasteiger charge is 2.17. The molecule has 1 saturated heterocycles. The molecule has 0 bridgehead atoms. The SMILES string of the molecule is C#Cc1cccc(Nc2ncnc3cc(N4CCNCC4)c(F)cc23)c1. The molecule has 0 spiro atoms. The molecule has 0 radical (unpaired) electrons. The van der Waals surface area contributed by atoms with E-state index in [-0.39, 0.29) is 5.82 Å². The van der Waals surface area contributed by atoms with E-state index >= 15 is 0 Å². The van der Waals surface area contributed by atoms with E-state index in [9.17, 15) is 4.39 Å². The van der Waals surface area contributed by atoms with E-state index in [1.807, 2.05) is 29.2 Å². The van der Waals surface area contributed by atoms with Crippen LogP contribution in [-0.4, -0.2) is 36.1 Å². The Morgan fingerprint density at radius 1 is 1.15 bits per heavy atom. The lowest BCUT2D eigenvalue weighted by atomic mass is 10.1. The van der Waals surface area contributed by atoms with Crippen LogP contribution in [0.4, 0.5) is 21.6 Å². The number of anilines is 3. The molecule has 2 N–H and O–H groups in total. The van der Waals surface area contributed by atoms with E-state index in [0.717, 1.165) is 37.4 Å². The fraction of sp³-hybridized carbons (Fsp3) is 0.200. The number of fused-ring (bicyclic) bond motifs is 1. The smallest absolute Gasteiger partial charge is 0.147 e. The molecule has 26 heavy (non-hydrogen) atoms. The van der Waals surface area contributed by atoms with Crippen LogP contribution in [0.5, 0.6) is 0 Å². The Kier molecular flexibility index (Phi) is 4.38. The highest BCUT2D eigenvalue weighted by molar-refractivity contribution is 5.92. The first-order valence-electron chi connectivity index (χ1n) is 8.48. The second kappa shape index (κ2) is 6.98. The molecule has 2 heterocycles. The van der Waals surface area contributed by atoms with Gasteiger partial charge in [0.2, 0.25) is 0 Å². The Bertz CT molecular complexity index is 989. The molecule has 4 rings (SSSR count). The van der Waals surface area contributed by atoms with Gasteiger partial charge >= 0.3 is 0 Å². The van der Waals surface area contributed by atoms with Crippen LogP contribution in [0.2, 0.25) is 0 Å². The molecular weight excluding hydrogens is 329 g/mol. The van der Waals surface area contributed by atoms with Gasteiger partial charge in [0.1, 0.15) is 18.0 Å². The minimum atomic E-state index is -0.269. The second-order valence-electron chi connectivity index (χ2n) is 6.13. The van der Waals surface area contributed by atoms with Gasteiger partial charge < -0.3 is 15.5 Å². The average Bonchev–Trinajstić information content (AvgIpc) is 2.69. The fourth-order valence-electron chi connectivity index (χ4n) is 3.14. The number of halogens is 1. The van der Waals surface area contributed by atoms with E-state index in [1.165, 1.54) is 12.4 Å². The van der Waals surface area contributed by atoms with Crippen molar-refractivity contribution in [3.8, 4) is 12.3 Å². The van der Waals surface area contributed by atoms with Gasteiger partial charge in [-0.25, -0.2) is 14.4 Å². The van der Waals surface area contributed by atoms with Gasteiger partial charge in [-0.15, -0.1) is 6.42 Å². The summed E-state index contributed by atoms with van der Waals surface area (Å²) in [5.41, 5.74) is 2.84. The monoisotopic (exact) mass is 347 g/mol. The summed E-state index contributed by atoms with van der Waals surface area (Å²) in [6.07, 6.45) is 6.93. The first-order valence-corrected chi connectivity index (χ1v) is 8.48. The van der Waals surface area contributed by atoms with Crippen LogP contribution in [0.1, 0.15) is 5.56 Å². The first kappa shape index (κ1) is 16.3. The van der Waals surface area contributed by atoms with Gasteiger partial charge in [-0.2, -0.15) is 0 Å². The minimum absolute atomic E-state index is 0.269. The lowest BCUT2D eigenvalue weighted by molar-refractivity contribution is 0.567. The third kappa shape index (κ3) is 3.17. The average molecular weight is 347 g/mol. The first-order chi connectivity index (χ1) is 12.7. The molecule has 0 saturated carbocycles. The van der Waals surface area contributed by atoms with Crippen LogP contribution < -0.4 is 15.5 Å². The van der Waals surface area contributed by atoms with Crippen LogP contribution in [0.25, 0.3) is 10.9 Å². The third-order valence-electron chi connectivity index (χ3n) is 4.45. The molecule has 6 heteroatoms. The largest absolute Gasteiger partial charge is 0.367 e. The third-order valence-corrected chi connectivity index (χ3v) is 4.45. The Morgan fingerprint density at radius 2 is 2.00 bits per heavy atom. The van der Waals surface area contributed by atoms with Gasteiger partial charge in [-0.3, -0.25) is 0 Å². The summed E-state index contributed by atoms with van der Waals surface area (Å²) in [4.78, 5) is 10.6. The molecule has 0 amide bonds. The van der Waals surface area contributed by atoms with Crippen molar-refractivity contribution in [2.45, 2.75) is 0 Å². The molecule has 1 aliphatic heterocycles. The lowest BCUT2D eigenvalue weighted by Gasteiger charge is -2.29. The minimum Gasteiger partial charge on any atom is -0.367 e. The predicted octanol–water partition coefficient (Wildman–Crippen LogP) is 2.90. The number of benzene rings is 2. The van der Waals surface area contributed by atoms with E-state index in [4.69, 9.17) is 6.42 Å². The van der Waals surface area contributed by atoms with Gasteiger partial charge in [0.25, 0.3) is 0 Å². The Hall–Kier alpha value is -3.17. The van der Waals surface area contributed by atoms with Crippen LogP contribution in [0, 0.1) is 18.2 Å². The molecule has 1 aromatic heterocycles. The van der Waals surface area contributed by atoms with Crippen LogP contribution in [0.15, 0.2) is 42.7 Å². The molecule has 0 aliphatic carbocycles. The number of terminal acetylenes is 1. The Balaban J connectivity index is 1.72. The van der Waals surface area contributed by atoms with Crippen molar-refractivity contribution < 1.29 is 4.39 Å². The summed E-state index contributed by atoms with van der Waals surface area (Å²) in [5, 5.41) is 7.12. The lowest BCUT2D eigenvalue weighted by Crippen LogP contribution is -2.43. The molecule has 130 valence electrons. The topological polar surface area (TPSA) is 53.1 Å². The highest BCUT2D eigenvalue weighted by Crippen LogP contribution is 2.29. The van der Waals surface area contributed by atoms with Crippen LogP contribution >= 0.6 is 0 Å². The summed E-state index contributed by atoms with van der Waals surface area (Å²) < 4.78 is 14.8. The van der Waals surface area contributed by atoms with Crippen molar-refractivity contribution in [1.29, 1.82) is 0 Å². The van der Waals surface area contributed by atoms with Gasteiger partial charge in [-0.1, -0.05) is 12.0 Å². The standard InChI is InChI=1S/C20H18FN5/c1-2-14-4-3-5-15(10-14)25-20-16-11-17(21)19(12-18(16)23-13-24-20)26-8-6-22-7-9-26/h1,3-5,10-13,22H,6-9H2,(H,23,24,25). The number of nitrogens with one attached hydrogen (secondary N) is 2. The number of piperazine rings is 1. The summed E-state index contributed by atoms with van der Waals surface area (Å²) in [6.45, 7) is 3.24. The summed E-state index contributed by atoms with van der Waals surface area (Å²) in [5.74, 6) is 2.88. The van der Waals surface area contributed by atoms with Crippen molar-refractivity contribution in [1.82, 2.24) is 15.3 Å². The van der Waals surface area contributed by atoms with E-state index < -0.39 is 0 Å². The van der Waals surface area contributed by atoms with Gasteiger partial charge in [0.05, 0.1) is 11.2 Å². The molecule has 2 aromatic carbocycles. The van der Waals surface area contributed by atoms with Crippen molar-refractivity contribution in [2.75, 3.05) is 36.4 Å². The van der Waals surface area contributed by atoms with Crippen molar-refractivity contribution in [3.05, 3.63) is 54.1 Å². The number of nitrogens with zero attached hydrogens (tertiary/aromatic N) is 3. The number of hydrogen-bond acceptors (Lipinski definition) is 5. The van der Waals surface area contributed by atoms with Crippen LogP contribution in [0.3, 0.4) is 0 Å². The molecule has 0 atom stereocenters. The number of aromatic nitrogens is 2. The van der Waals surface area contributed by atoms with E-state index in [0.29, 0.717) is 22.4 Å². The maximum atomic E-state index is 14.8. The summed E-state index contributed by atoms with van der Waals surface area (Å²) in [7, 11) is 0. The molecule has 0 unspecified atom stereocenters. The van der Waals surface area contributed by atoms with Crippen molar-refractivity contribution in [2.24, 2.45) is 0 Å². The molecular formula is C20H18FN5. The number of rotatable bonds is 3.